The van der Waals surface area contributed by atoms with Crippen LogP contribution in [-0.4, -0.2) is 11.1 Å². The second kappa shape index (κ2) is 5.69. The lowest BCUT2D eigenvalue weighted by atomic mass is 10.1. The van der Waals surface area contributed by atoms with E-state index >= 15 is 0 Å². The van der Waals surface area contributed by atoms with Gasteiger partial charge in [-0.05, 0) is 42.8 Å². The molecule has 0 heterocycles. The summed E-state index contributed by atoms with van der Waals surface area (Å²) in [6, 6.07) is 7.84. The Morgan fingerprint density at radius 3 is 2.50 bits per heavy atom. The topological polar surface area (TPSA) is 46.5 Å². The molecule has 2 rings (SSSR count). The molecule has 104 valence electrons. The van der Waals surface area contributed by atoms with Crippen LogP contribution in [0.15, 0.2) is 36.4 Å². The highest BCUT2D eigenvalue weighted by atomic mass is 19.1. The molecule has 1 N–H and O–H groups in total. The van der Waals surface area contributed by atoms with Gasteiger partial charge < -0.3 is 9.84 Å². The first-order chi connectivity index (χ1) is 9.47. The van der Waals surface area contributed by atoms with E-state index in [1.165, 1.54) is 30.3 Å². The van der Waals surface area contributed by atoms with E-state index < -0.39 is 11.8 Å². The number of hydrogen-bond donors (Lipinski definition) is 1. The number of aryl methyl sites for hydroxylation is 1. The van der Waals surface area contributed by atoms with E-state index in [-0.39, 0.29) is 23.6 Å². The molecule has 0 saturated heterocycles. The third-order valence-electron chi connectivity index (χ3n) is 2.82. The zero-order chi connectivity index (χ0) is 14.7. The van der Waals surface area contributed by atoms with Gasteiger partial charge in [-0.1, -0.05) is 6.07 Å². The number of benzene rings is 2. The molecule has 0 aliphatic carbocycles. The van der Waals surface area contributed by atoms with Crippen molar-refractivity contribution in [2.24, 2.45) is 0 Å². The molecule has 0 radical (unpaired) electrons. The van der Waals surface area contributed by atoms with Crippen molar-refractivity contribution in [3.8, 4) is 5.75 Å². The summed E-state index contributed by atoms with van der Waals surface area (Å²) in [5, 5.41) is 8.73. The van der Waals surface area contributed by atoms with Crippen molar-refractivity contribution in [3.05, 3.63) is 64.7 Å². The van der Waals surface area contributed by atoms with Gasteiger partial charge in [0.05, 0.1) is 5.56 Å². The number of hydrogen-bond acceptors (Lipinski definition) is 2. The highest BCUT2D eigenvalue weighted by Gasteiger charge is 2.09. The Kier molecular flexibility index (Phi) is 3.98. The summed E-state index contributed by atoms with van der Waals surface area (Å²) in [5.74, 6) is -1.76. The van der Waals surface area contributed by atoms with Crippen LogP contribution in [0.2, 0.25) is 0 Å². The number of carboxylic acids is 1. The van der Waals surface area contributed by atoms with Crippen LogP contribution in [0, 0.1) is 18.6 Å². The van der Waals surface area contributed by atoms with Gasteiger partial charge in [0.1, 0.15) is 24.0 Å². The molecule has 0 spiro atoms. The van der Waals surface area contributed by atoms with Crippen molar-refractivity contribution < 1.29 is 23.4 Å². The summed E-state index contributed by atoms with van der Waals surface area (Å²) in [6.07, 6.45) is 0. The smallest absolute Gasteiger partial charge is 0.335 e. The molecular weight excluding hydrogens is 266 g/mol. The van der Waals surface area contributed by atoms with Gasteiger partial charge in [0, 0.05) is 5.56 Å². The molecule has 0 atom stereocenters. The van der Waals surface area contributed by atoms with Gasteiger partial charge in [0.15, 0.2) is 0 Å². The molecule has 0 fully saturated rings. The third-order valence-corrected chi connectivity index (χ3v) is 2.82. The van der Waals surface area contributed by atoms with Crippen LogP contribution in [0.5, 0.6) is 5.75 Å². The molecule has 0 aliphatic rings. The van der Waals surface area contributed by atoms with Crippen LogP contribution in [-0.2, 0) is 6.61 Å². The first-order valence-corrected chi connectivity index (χ1v) is 5.88. The molecule has 5 heteroatoms. The fourth-order valence-electron chi connectivity index (χ4n) is 1.67. The van der Waals surface area contributed by atoms with Crippen LogP contribution in [0.25, 0.3) is 0 Å². The molecule has 2 aromatic rings. The lowest BCUT2D eigenvalue weighted by molar-refractivity contribution is 0.0696. The summed E-state index contributed by atoms with van der Waals surface area (Å²) in [7, 11) is 0. The predicted octanol–water partition coefficient (Wildman–Crippen LogP) is 3.55. The Labute approximate surface area is 114 Å². The van der Waals surface area contributed by atoms with Gasteiger partial charge >= 0.3 is 5.97 Å². The zero-order valence-electron chi connectivity index (χ0n) is 10.7. The Bertz CT molecular complexity index is 654. The SMILES string of the molecule is Cc1cc(OCc2ccc(C(=O)O)cc2F)ccc1F. The van der Waals surface area contributed by atoms with Gasteiger partial charge in [-0.2, -0.15) is 0 Å². The molecule has 2 aromatic carbocycles. The fourth-order valence-corrected chi connectivity index (χ4v) is 1.67. The largest absolute Gasteiger partial charge is 0.489 e. The summed E-state index contributed by atoms with van der Waals surface area (Å²) < 4.78 is 32.1. The van der Waals surface area contributed by atoms with Crippen molar-refractivity contribution in [3.63, 3.8) is 0 Å². The van der Waals surface area contributed by atoms with Gasteiger partial charge in [0.25, 0.3) is 0 Å². The van der Waals surface area contributed by atoms with Crippen molar-refractivity contribution in [2.45, 2.75) is 13.5 Å². The van der Waals surface area contributed by atoms with Crippen molar-refractivity contribution in [1.29, 1.82) is 0 Å². The van der Waals surface area contributed by atoms with E-state index in [9.17, 15) is 13.6 Å². The molecule has 0 saturated carbocycles. The molecule has 20 heavy (non-hydrogen) atoms. The van der Waals surface area contributed by atoms with Crippen molar-refractivity contribution in [2.75, 3.05) is 0 Å². The van der Waals surface area contributed by atoms with Crippen LogP contribution in [0.4, 0.5) is 8.78 Å². The number of ether oxygens (including phenoxy) is 1. The Hall–Kier alpha value is -2.43. The van der Waals surface area contributed by atoms with E-state index in [0.29, 0.717) is 11.3 Å². The normalized spacial score (nSPS) is 10.3. The van der Waals surface area contributed by atoms with Gasteiger partial charge in [-0.3, -0.25) is 0 Å². The number of halogens is 2. The minimum atomic E-state index is -1.19. The zero-order valence-corrected chi connectivity index (χ0v) is 10.7. The molecule has 0 amide bonds. The fraction of sp³-hybridized carbons (Fsp3) is 0.133. The maximum absolute atomic E-state index is 13.7. The Balaban J connectivity index is 2.10. The summed E-state index contributed by atoms with van der Waals surface area (Å²) in [5.41, 5.74) is 0.546. The van der Waals surface area contributed by atoms with Crippen LogP contribution in [0.3, 0.4) is 0 Å². The third kappa shape index (κ3) is 3.12. The predicted molar refractivity (Wildman–Crippen MR) is 68.8 cm³/mol. The van der Waals surface area contributed by atoms with Crippen LogP contribution in [0.1, 0.15) is 21.5 Å². The average Bonchev–Trinajstić information content (AvgIpc) is 2.41. The van der Waals surface area contributed by atoms with E-state index in [2.05, 4.69) is 0 Å². The monoisotopic (exact) mass is 278 g/mol. The van der Waals surface area contributed by atoms with E-state index in [1.54, 1.807) is 6.92 Å². The molecule has 0 aliphatic heterocycles. The molecule has 0 aromatic heterocycles. The number of carbonyl (C=O) groups is 1. The molecular formula is C15H12F2O3. The second-order valence-corrected chi connectivity index (χ2v) is 4.31. The number of carboxylic acid groups (broad SMARTS) is 1. The average molecular weight is 278 g/mol. The van der Waals surface area contributed by atoms with Crippen LogP contribution < -0.4 is 4.74 Å². The number of aromatic carboxylic acids is 1. The second-order valence-electron chi connectivity index (χ2n) is 4.31. The first-order valence-electron chi connectivity index (χ1n) is 5.88. The highest BCUT2D eigenvalue weighted by Crippen LogP contribution is 2.18. The Morgan fingerprint density at radius 2 is 1.90 bits per heavy atom. The summed E-state index contributed by atoms with van der Waals surface area (Å²) in [6.45, 7) is 1.54. The minimum Gasteiger partial charge on any atom is -0.489 e. The van der Waals surface area contributed by atoms with E-state index in [0.717, 1.165) is 6.07 Å². The van der Waals surface area contributed by atoms with E-state index in [4.69, 9.17) is 9.84 Å². The van der Waals surface area contributed by atoms with Gasteiger partial charge in [-0.15, -0.1) is 0 Å². The standard InChI is InChI=1S/C15H12F2O3/c1-9-6-12(4-5-13(9)16)20-8-11-3-2-10(15(18)19)7-14(11)17/h2-7H,8H2,1H3,(H,18,19). The number of rotatable bonds is 4. The maximum atomic E-state index is 13.7. The highest BCUT2D eigenvalue weighted by molar-refractivity contribution is 5.87. The van der Waals surface area contributed by atoms with Crippen molar-refractivity contribution >= 4 is 5.97 Å². The van der Waals surface area contributed by atoms with Crippen LogP contribution >= 0.6 is 0 Å². The molecule has 0 unspecified atom stereocenters. The first kappa shape index (κ1) is 14.0. The van der Waals surface area contributed by atoms with Crippen molar-refractivity contribution in [1.82, 2.24) is 0 Å². The summed E-state index contributed by atoms with van der Waals surface area (Å²) in [4.78, 5) is 10.7. The quantitative estimate of drug-likeness (QED) is 0.930. The molecule has 0 bridgehead atoms. The summed E-state index contributed by atoms with van der Waals surface area (Å²) >= 11 is 0. The Morgan fingerprint density at radius 1 is 1.15 bits per heavy atom. The van der Waals surface area contributed by atoms with Gasteiger partial charge in [0.2, 0.25) is 0 Å². The van der Waals surface area contributed by atoms with E-state index in [1.807, 2.05) is 0 Å². The van der Waals surface area contributed by atoms with Gasteiger partial charge in [-0.25, -0.2) is 13.6 Å². The molecule has 3 nitrogen and oxygen atoms in total. The lowest BCUT2D eigenvalue weighted by Gasteiger charge is -2.08. The lowest BCUT2D eigenvalue weighted by Crippen LogP contribution is -2.02. The maximum Gasteiger partial charge on any atom is 0.335 e. The minimum absolute atomic E-state index is 0.0587.